The molecule has 0 heterocycles. The third kappa shape index (κ3) is 10.6. The molecule has 0 fully saturated rings. The fourth-order valence-corrected chi connectivity index (χ4v) is 3.37. The van der Waals surface area contributed by atoms with Gasteiger partial charge in [0.05, 0.1) is 6.10 Å². The molecule has 3 amide bonds. The van der Waals surface area contributed by atoms with Gasteiger partial charge in [0.1, 0.15) is 24.3 Å². The van der Waals surface area contributed by atoms with Crippen molar-refractivity contribution in [1.29, 1.82) is 0 Å². The number of ether oxygens (including phenoxy) is 2. The average molecular weight is 527 g/mol. The van der Waals surface area contributed by atoms with E-state index in [0.717, 1.165) is 5.56 Å². The van der Waals surface area contributed by atoms with Gasteiger partial charge in [0.25, 0.3) is 0 Å². The first-order valence-electron chi connectivity index (χ1n) is 12.3. The van der Waals surface area contributed by atoms with Gasteiger partial charge < -0.3 is 25.2 Å². The number of rotatable bonds is 11. The number of benzene rings is 2. The van der Waals surface area contributed by atoms with Crippen LogP contribution in [0.15, 0.2) is 54.6 Å². The average Bonchev–Trinajstić information content (AvgIpc) is 2.84. The molecule has 0 spiro atoms. The molecular formula is C28H36N3O7. The van der Waals surface area contributed by atoms with Gasteiger partial charge in [-0.25, -0.2) is 9.59 Å². The van der Waals surface area contributed by atoms with Gasteiger partial charge in [-0.05, 0) is 49.9 Å². The third-order valence-corrected chi connectivity index (χ3v) is 5.28. The van der Waals surface area contributed by atoms with E-state index in [1.165, 1.54) is 0 Å². The second-order valence-electron chi connectivity index (χ2n) is 10.1. The lowest BCUT2D eigenvalue weighted by molar-refractivity contribution is -0.124. The van der Waals surface area contributed by atoms with E-state index in [-0.39, 0.29) is 18.9 Å². The quantitative estimate of drug-likeness (QED) is 0.351. The lowest BCUT2D eigenvalue weighted by atomic mass is 9.99. The molecule has 2 aromatic rings. The zero-order valence-electron chi connectivity index (χ0n) is 22.3. The van der Waals surface area contributed by atoms with Crippen LogP contribution >= 0.6 is 0 Å². The maximum atomic E-state index is 13.1. The Labute approximate surface area is 223 Å². The van der Waals surface area contributed by atoms with Gasteiger partial charge >= 0.3 is 12.2 Å². The zero-order chi connectivity index (χ0) is 28.3. The molecule has 205 valence electrons. The lowest BCUT2D eigenvalue weighted by Crippen LogP contribution is -2.54. The summed E-state index contributed by atoms with van der Waals surface area (Å²) in [5, 5.41) is 17.9. The third-order valence-electron chi connectivity index (χ3n) is 5.28. The first-order valence-corrected chi connectivity index (χ1v) is 12.3. The zero-order valence-corrected chi connectivity index (χ0v) is 22.3. The van der Waals surface area contributed by atoms with Crippen LogP contribution in [0.5, 0.6) is 0 Å². The number of nitrogens with one attached hydrogen (secondary N) is 3. The second-order valence-corrected chi connectivity index (χ2v) is 10.1. The van der Waals surface area contributed by atoms with Gasteiger partial charge in [0, 0.05) is 12.1 Å². The van der Waals surface area contributed by atoms with Crippen molar-refractivity contribution in [3.05, 3.63) is 65.7 Å². The first kappa shape index (κ1) is 30.3. The van der Waals surface area contributed by atoms with E-state index in [9.17, 15) is 24.3 Å². The summed E-state index contributed by atoms with van der Waals surface area (Å²) in [6.07, 6.45) is -0.999. The Bertz CT molecular complexity index is 1080. The molecule has 1 radical (unpaired) electrons. The largest absolute Gasteiger partial charge is 0.445 e. The minimum atomic E-state index is -1.28. The highest BCUT2D eigenvalue weighted by atomic mass is 16.6. The molecule has 0 aliphatic rings. The maximum absolute atomic E-state index is 13.1. The van der Waals surface area contributed by atoms with E-state index in [1.807, 2.05) is 6.07 Å². The summed E-state index contributed by atoms with van der Waals surface area (Å²) in [6, 6.07) is 13.3. The molecule has 0 aliphatic carbocycles. The second kappa shape index (κ2) is 14.1. The molecule has 2 aromatic carbocycles. The molecule has 3 atom stereocenters. The Morgan fingerprint density at radius 3 is 2.21 bits per heavy atom. The van der Waals surface area contributed by atoms with Crippen LogP contribution in [0.3, 0.4) is 0 Å². The summed E-state index contributed by atoms with van der Waals surface area (Å²) < 4.78 is 10.5. The van der Waals surface area contributed by atoms with Crippen molar-refractivity contribution in [2.75, 3.05) is 5.32 Å². The van der Waals surface area contributed by atoms with Crippen LogP contribution in [-0.2, 0) is 32.1 Å². The van der Waals surface area contributed by atoms with Crippen molar-refractivity contribution < 1.29 is 33.8 Å². The topological polar surface area (TPSA) is 143 Å². The van der Waals surface area contributed by atoms with Crippen molar-refractivity contribution in [2.45, 2.75) is 71.4 Å². The normalized spacial score (nSPS) is 13.6. The van der Waals surface area contributed by atoms with Crippen LogP contribution in [0.4, 0.5) is 15.3 Å². The fourth-order valence-electron chi connectivity index (χ4n) is 3.37. The maximum Gasteiger partial charge on any atom is 0.412 e. The molecule has 0 saturated carbocycles. The molecule has 0 saturated heterocycles. The number of alkyl carbamates (subject to hydrolysis) is 1. The molecule has 10 heteroatoms. The molecule has 0 aliphatic heterocycles. The summed E-state index contributed by atoms with van der Waals surface area (Å²) in [6.45, 7) is 8.62. The van der Waals surface area contributed by atoms with Crippen LogP contribution in [0.2, 0.25) is 0 Å². The van der Waals surface area contributed by atoms with E-state index in [0.29, 0.717) is 11.3 Å². The number of anilines is 1. The van der Waals surface area contributed by atoms with Gasteiger partial charge in [-0.3, -0.25) is 14.9 Å². The smallest absolute Gasteiger partial charge is 0.412 e. The number of aliphatic hydroxyl groups is 1. The molecule has 10 nitrogen and oxygen atoms in total. The van der Waals surface area contributed by atoms with E-state index < -0.39 is 41.9 Å². The Balaban J connectivity index is 2.17. The van der Waals surface area contributed by atoms with Crippen molar-refractivity contribution >= 4 is 30.1 Å². The summed E-state index contributed by atoms with van der Waals surface area (Å²) in [7, 11) is 0. The Morgan fingerprint density at radius 2 is 1.61 bits per heavy atom. The van der Waals surface area contributed by atoms with E-state index in [1.54, 1.807) is 89.4 Å². The monoisotopic (exact) mass is 526 g/mol. The summed E-state index contributed by atoms with van der Waals surface area (Å²) >= 11 is 0. The summed E-state index contributed by atoms with van der Waals surface area (Å²) in [5.41, 5.74) is 1.11. The fraction of sp³-hybridized carbons (Fsp3) is 0.429. The molecular weight excluding hydrogens is 490 g/mol. The molecule has 4 N–H and O–H groups in total. The number of hydrogen-bond acceptors (Lipinski definition) is 7. The summed E-state index contributed by atoms with van der Waals surface area (Å²) in [5.74, 6) is -1.03. The van der Waals surface area contributed by atoms with Crippen LogP contribution < -0.4 is 16.0 Å². The minimum absolute atomic E-state index is 0.000536. The highest BCUT2D eigenvalue weighted by molar-refractivity contribution is 5.88. The van der Waals surface area contributed by atoms with E-state index in [2.05, 4.69) is 16.0 Å². The summed E-state index contributed by atoms with van der Waals surface area (Å²) in [4.78, 5) is 49.2. The van der Waals surface area contributed by atoms with Crippen molar-refractivity contribution in [3.63, 3.8) is 0 Å². The molecule has 0 bridgehead atoms. The van der Waals surface area contributed by atoms with Crippen molar-refractivity contribution in [2.24, 2.45) is 5.92 Å². The Hall–Kier alpha value is -3.92. The lowest BCUT2D eigenvalue weighted by Gasteiger charge is -2.25. The number of carbonyl (C=O) groups is 3. The highest BCUT2D eigenvalue weighted by Gasteiger charge is 2.29. The number of aliphatic hydroxyl groups excluding tert-OH is 1. The van der Waals surface area contributed by atoms with E-state index in [4.69, 9.17) is 9.47 Å². The van der Waals surface area contributed by atoms with E-state index >= 15 is 0 Å². The van der Waals surface area contributed by atoms with Gasteiger partial charge in [0.15, 0.2) is 0 Å². The SMILES string of the molecule is CC(C)C(O)[C@@H]([C]=O)NC(=O)[C@H](Cc1cccc(NC(=O)OC(C)(C)C)c1)NC(=O)OCc1ccccc1. The van der Waals surface area contributed by atoms with Crippen LogP contribution in [-0.4, -0.2) is 53.3 Å². The number of hydrogen-bond donors (Lipinski definition) is 4. The van der Waals surface area contributed by atoms with Gasteiger partial charge in [-0.15, -0.1) is 0 Å². The van der Waals surface area contributed by atoms with Crippen molar-refractivity contribution in [1.82, 2.24) is 10.6 Å². The first-order chi connectivity index (χ1) is 17.9. The molecule has 0 aromatic heterocycles. The predicted octanol–water partition coefficient (Wildman–Crippen LogP) is 3.48. The van der Waals surface area contributed by atoms with Gasteiger partial charge in [0.2, 0.25) is 12.2 Å². The molecule has 2 rings (SSSR count). The Morgan fingerprint density at radius 1 is 0.947 bits per heavy atom. The van der Waals surface area contributed by atoms with Gasteiger partial charge in [-0.1, -0.05) is 56.3 Å². The standard InChI is InChI=1S/C28H36N3O7/c1-18(2)24(33)23(16-32)30-25(34)22(31-26(35)37-17-19-10-7-6-8-11-19)15-20-12-9-13-21(14-20)29-27(36)38-28(3,4)5/h6-14,18,22-24,33H,15,17H2,1-5H3,(H,29,36)(H,30,34)(H,31,35)/t22-,23+,24?/m0/s1. The molecule has 1 unspecified atom stereocenters. The predicted molar refractivity (Wildman–Crippen MR) is 142 cm³/mol. The van der Waals surface area contributed by atoms with Gasteiger partial charge in [-0.2, -0.15) is 0 Å². The van der Waals surface area contributed by atoms with Crippen LogP contribution in [0.25, 0.3) is 0 Å². The minimum Gasteiger partial charge on any atom is -0.445 e. The van der Waals surface area contributed by atoms with Crippen LogP contribution in [0.1, 0.15) is 45.7 Å². The Kier molecular flexibility index (Phi) is 11.3. The number of amides is 3. The van der Waals surface area contributed by atoms with Crippen molar-refractivity contribution in [3.8, 4) is 0 Å². The number of carbonyl (C=O) groups excluding carboxylic acids is 4. The highest BCUT2D eigenvalue weighted by Crippen LogP contribution is 2.16. The molecule has 38 heavy (non-hydrogen) atoms. The van der Waals surface area contributed by atoms with Crippen LogP contribution in [0, 0.1) is 5.92 Å².